The normalized spacial score (nSPS) is 15.5. The number of aromatic nitrogens is 1. The summed E-state index contributed by atoms with van der Waals surface area (Å²) in [5, 5.41) is 14.3. The quantitative estimate of drug-likeness (QED) is 0.805. The van der Waals surface area contributed by atoms with Crippen molar-refractivity contribution in [2.45, 2.75) is 38.1 Å². The van der Waals surface area contributed by atoms with Crippen molar-refractivity contribution in [1.82, 2.24) is 10.3 Å². The molecule has 1 aromatic carbocycles. The monoisotopic (exact) mass is 336 g/mol. The molecule has 0 fully saturated rings. The van der Waals surface area contributed by atoms with Crippen molar-refractivity contribution in [3.05, 3.63) is 40.9 Å². The van der Waals surface area contributed by atoms with Crippen molar-refractivity contribution in [1.29, 1.82) is 0 Å². The van der Waals surface area contributed by atoms with E-state index < -0.39 is 0 Å². The molecule has 2 aromatic rings. The molecular weight excluding hydrogens is 312 g/mol. The van der Waals surface area contributed by atoms with Crippen LogP contribution < -0.4 is 5.32 Å². The van der Waals surface area contributed by atoms with Crippen LogP contribution in [0.1, 0.15) is 30.5 Å². The van der Waals surface area contributed by atoms with Crippen molar-refractivity contribution >= 4 is 23.1 Å². The summed E-state index contributed by atoms with van der Waals surface area (Å²) < 4.78 is 0. The van der Waals surface area contributed by atoms with Crippen LogP contribution in [0.5, 0.6) is 0 Å². The van der Waals surface area contributed by atoms with E-state index >= 15 is 0 Å². The van der Waals surface area contributed by atoms with Crippen LogP contribution in [0.15, 0.2) is 30.3 Å². The third-order valence-electron chi connectivity index (χ3n) is 3.80. The number of aliphatic hydroxyl groups is 1. The van der Waals surface area contributed by atoms with E-state index in [9.17, 15) is 5.11 Å². The fourth-order valence-corrected chi connectivity index (χ4v) is 4.25. The van der Waals surface area contributed by atoms with Gasteiger partial charge in [0.25, 0.3) is 0 Å². The van der Waals surface area contributed by atoms with E-state index in [1.54, 1.807) is 23.1 Å². The van der Waals surface area contributed by atoms with Gasteiger partial charge in [0.05, 0.1) is 12.3 Å². The SMILES string of the molecule is CSC(CO)C(C)NC(C)c1sc(-c2ccccc2)nc1C. The Morgan fingerprint density at radius 3 is 2.55 bits per heavy atom. The van der Waals surface area contributed by atoms with Crippen LogP contribution in [0.4, 0.5) is 0 Å². The number of rotatable bonds is 7. The molecule has 1 aromatic heterocycles. The molecule has 0 aliphatic heterocycles. The summed E-state index contributed by atoms with van der Waals surface area (Å²) in [5.41, 5.74) is 2.25. The predicted molar refractivity (Wildman–Crippen MR) is 97.7 cm³/mol. The molecule has 0 aliphatic carbocycles. The number of aliphatic hydroxyl groups excluding tert-OH is 1. The lowest BCUT2D eigenvalue weighted by Crippen LogP contribution is -2.38. The van der Waals surface area contributed by atoms with Gasteiger partial charge in [0.15, 0.2) is 0 Å². The minimum absolute atomic E-state index is 0.193. The average Bonchev–Trinajstić information content (AvgIpc) is 2.91. The lowest BCUT2D eigenvalue weighted by molar-refractivity contribution is 0.272. The molecule has 3 nitrogen and oxygen atoms in total. The molecule has 0 saturated carbocycles. The summed E-state index contributed by atoms with van der Waals surface area (Å²) in [6, 6.07) is 10.8. The molecule has 5 heteroatoms. The maximum atomic E-state index is 9.42. The van der Waals surface area contributed by atoms with Gasteiger partial charge in [0.1, 0.15) is 5.01 Å². The minimum Gasteiger partial charge on any atom is -0.395 e. The zero-order valence-corrected chi connectivity index (χ0v) is 15.2. The number of thioether (sulfide) groups is 1. The van der Waals surface area contributed by atoms with Crippen LogP contribution in [-0.2, 0) is 0 Å². The van der Waals surface area contributed by atoms with Gasteiger partial charge < -0.3 is 10.4 Å². The molecule has 22 heavy (non-hydrogen) atoms. The smallest absolute Gasteiger partial charge is 0.123 e. The Hall–Kier alpha value is -0.880. The van der Waals surface area contributed by atoms with Gasteiger partial charge in [0.2, 0.25) is 0 Å². The van der Waals surface area contributed by atoms with Gasteiger partial charge in [-0.2, -0.15) is 11.8 Å². The van der Waals surface area contributed by atoms with E-state index in [-0.39, 0.29) is 23.9 Å². The first-order valence-corrected chi connectivity index (χ1v) is 9.59. The van der Waals surface area contributed by atoms with Crippen LogP contribution >= 0.6 is 23.1 Å². The van der Waals surface area contributed by atoms with E-state index in [0.717, 1.165) is 10.7 Å². The molecule has 0 spiro atoms. The number of nitrogens with one attached hydrogen (secondary N) is 1. The van der Waals surface area contributed by atoms with Crippen LogP contribution in [0.3, 0.4) is 0 Å². The second-order valence-corrected chi connectivity index (χ2v) is 7.58. The molecule has 0 radical (unpaired) electrons. The topological polar surface area (TPSA) is 45.1 Å². The summed E-state index contributed by atoms with van der Waals surface area (Å²) in [6.07, 6.45) is 2.04. The third-order valence-corrected chi connectivity index (χ3v) is 6.35. The molecule has 120 valence electrons. The van der Waals surface area contributed by atoms with Gasteiger partial charge in [-0.05, 0) is 27.0 Å². The Bertz CT molecular complexity index is 582. The highest BCUT2D eigenvalue weighted by Gasteiger charge is 2.21. The van der Waals surface area contributed by atoms with Gasteiger partial charge in [-0.25, -0.2) is 4.98 Å². The number of nitrogens with zero attached hydrogens (tertiary/aromatic N) is 1. The maximum Gasteiger partial charge on any atom is 0.123 e. The van der Waals surface area contributed by atoms with Crippen molar-refractivity contribution in [3.8, 4) is 10.6 Å². The number of benzene rings is 1. The lowest BCUT2D eigenvalue weighted by atomic mass is 10.1. The molecular formula is C17H24N2OS2. The number of thiazole rings is 1. The van der Waals surface area contributed by atoms with Crippen molar-refractivity contribution in [3.63, 3.8) is 0 Å². The summed E-state index contributed by atoms with van der Waals surface area (Å²) >= 11 is 3.44. The molecule has 1 heterocycles. The molecule has 0 bridgehead atoms. The predicted octanol–water partition coefficient (Wildman–Crippen LogP) is 3.88. The summed E-state index contributed by atoms with van der Waals surface area (Å²) in [4.78, 5) is 5.99. The minimum atomic E-state index is 0.193. The van der Waals surface area contributed by atoms with E-state index in [1.807, 2.05) is 24.5 Å². The zero-order valence-electron chi connectivity index (χ0n) is 13.5. The van der Waals surface area contributed by atoms with Crippen LogP contribution in [-0.4, -0.2) is 34.2 Å². The van der Waals surface area contributed by atoms with Crippen LogP contribution in [0, 0.1) is 6.92 Å². The second kappa shape index (κ2) is 8.11. The molecule has 3 unspecified atom stereocenters. The van der Waals surface area contributed by atoms with Crippen molar-refractivity contribution < 1.29 is 5.11 Å². The van der Waals surface area contributed by atoms with E-state index in [0.29, 0.717) is 0 Å². The highest BCUT2D eigenvalue weighted by atomic mass is 32.2. The molecule has 0 aliphatic rings. The zero-order chi connectivity index (χ0) is 16.1. The van der Waals surface area contributed by atoms with E-state index in [1.165, 1.54) is 10.4 Å². The number of hydrogen-bond donors (Lipinski definition) is 2. The summed E-state index contributed by atoms with van der Waals surface area (Å²) in [7, 11) is 0. The maximum absolute atomic E-state index is 9.42. The Kier molecular flexibility index (Phi) is 6.44. The van der Waals surface area contributed by atoms with E-state index in [4.69, 9.17) is 4.98 Å². The highest BCUT2D eigenvalue weighted by Crippen LogP contribution is 2.32. The first-order valence-electron chi connectivity index (χ1n) is 7.49. The summed E-state index contributed by atoms with van der Waals surface area (Å²) in [5.74, 6) is 0. The summed E-state index contributed by atoms with van der Waals surface area (Å²) in [6.45, 7) is 6.56. The lowest BCUT2D eigenvalue weighted by Gasteiger charge is -2.25. The van der Waals surface area contributed by atoms with Crippen LogP contribution in [0.2, 0.25) is 0 Å². The highest BCUT2D eigenvalue weighted by molar-refractivity contribution is 7.99. The standard InChI is InChI=1S/C17H24N2OS2/c1-11(15(10-20)21-4)18-12(2)16-13(3)19-17(22-16)14-8-6-5-7-9-14/h5-9,11-12,15,18,20H,10H2,1-4H3. The molecule has 3 atom stereocenters. The number of hydrogen-bond acceptors (Lipinski definition) is 5. The molecule has 0 saturated heterocycles. The van der Waals surface area contributed by atoms with Crippen LogP contribution in [0.25, 0.3) is 10.6 Å². The molecule has 2 N–H and O–H groups in total. The van der Waals surface area contributed by atoms with Crippen molar-refractivity contribution in [2.75, 3.05) is 12.9 Å². The third kappa shape index (κ3) is 4.10. The van der Waals surface area contributed by atoms with Gasteiger partial charge in [-0.15, -0.1) is 11.3 Å². The Labute approximate surface area is 141 Å². The fraction of sp³-hybridized carbons (Fsp3) is 0.471. The Morgan fingerprint density at radius 2 is 1.95 bits per heavy atom. The average molecular weight is 337 g/mol. The fourth-order valence-electron chi connectivity index (χ4n) is 2.53. The van der Waals surface area contributed by atoms with Gasteiger partial charge in [-0.1, -0.05) is 30.3 Å². The first kappa shape index (κ1) is 17.5. The van der Waals surface area contributed by atoms with Gasteiger partial charge in [0, 0.05) is 27.8 Å². The van der Waals surface area contributed by atoms with Gasteiger partial charge in [-0.3, -0.25) is 0 Å². The first-order chi connectivity index (χ1) is 10.6. The Morgan fingerprint density at radius 1 is 1.27 bits per heavy atom. The largest absolute Gasteiger partial charge is 0.395 e. The van der Waals surface area contributed by atoms with Crippen molar-refractivity contribution in [2.24, 2.45) is 0 Å². The Balaban J connectivity index is 2.14. The molecule has 0 amide bonds. The number of aryl methyl sites for hydroxylation is 1. The van der Waals surface area contributed by atoms with Gasteiger partial charge >= 0.3 is 0 Å². The van der Waals surface area contributed by atoms with E-state index in [2.05, 4.69) is 38.2 Å². The molecule has 2 rings (SSSR count). The second-order valence-electron chi connectivity index (χ2n) is 5.47.